The van der Waals surface area contributed by atoms with Crippen LogP contribution in [0.1, 0.15) is 25.3 Å². The first-order valence-corrected chi connectivity index (χ1v) is 9.10. The molecular weight excluding hydrogens is 342 g/mol. The van der Waals surface area contributed by atoms with E-state index < -0.39 is 6.04 Å². The van der Waals surface area contributed by atoms with Crippen molar-refractivity contribution in [1.29, 1.82) is 0 Å². The zero-order chi connectivity index (χ0) is 19.4. The second-order valence-electron chi connectivity index (χ2n) is 6.76. The molecule has 0 radical (unpaired) electrons. The number of carbonyl (C=O) groups is 2. The summed E-state index contributed by atoms with van der Waals surface area (Å²) in [5.74, 6) is 0.597. The predicted molar refractivity (Wildman–Crippen MR) is 107 cm³/mol. The molecule has 1 saturated heterocycles. The highest BCUT2D eigenvalue weighted by molar-refractivity contribution is 5.98. The van der Waals surface area contributed by atoms with Gasteiger partial charge in [-0.05, 0) is 50.1 Å². The number of anilines is 3. The third-order valence-electron chi connectivity index (χ3n) is 4.61. The van der Waals surface area contributed by atoms with Crippen LogP contribution in [-0.4, -0.2) is 31.5 Å². The van der Waals surface area contributed by atoms with Crippen LogP contribution in [0.5, 0.6) is 5.75 Å². The van der Waals surface area contributed by atoms with E-state index in [9.17, 15) is 9.59 Å². The van der Waals surface area contributed by atoms with Crippen LogP contribution in [0, 0.1) is 6.92 Å². The molecule has 2 amide bonds. The van der Waals surface area contributed by atoms with Crippen LogP contribution in [0.4, 0.5) is 17.1 Å². The molecule has 1 atom stereocenters. The normalized spacial score (nSPS) is 14.8. The van der Waals surface area contributed by atoms with E-state index in [1.165, 1.54) is 0 Å². The van der Waals surface area contributed by atoms with Crippen molar-refractivity contribution in [3.8, 4) is 5.75 Å². The molecule has 2 aromatic carbocycles. The lowest BCUT2D eigenvalue weighted by molar-refractivity contribution is -0.117. The number of hydrogen-bond acceptors (Lipinski definition) is 4. The smallest absolute Gasteiger partial charge is 0.246 e. The summed E-state index contributed by atoms with van der Waals surface area (Å²) < 4.78 is 5.46. The van der Waals surface area contributed by atoms with Gasteiger partial charge in [0.1, 0.15) is 11.8 Å². The SMILES string of the molecule is COc1cc(N[C@@H](C)C(=O)Nc2cccc(C)c2)ccc1N1CCCC1=O. The van der Waals surface area contributed by atoms with E-state index in [2.05, 4.69) is 10.6 Å². The number of nitrogens with one attached hydrogen (secondary N) is 2. The summed E-state index contributed by atoms with van der Waals surface area (Å²) in [6.07, 6.45) is 1.43. The Morgan fingerprint density at radius 3 is 2.67 bits per heavy atom. The molecule has 6 nitrogen and oxygen atoms in total. The van der Waals surface area contributed by atoms with Crippen LogP contribution >= 0.6 is 0 Å². The first-order chi connectivity index (χ1) is 13.0. The van der Waals surface area contributed by atoms with Crippen LogP contribution in [0.25, 0.3) is 0 Å². The van der Waals surface area contributed by atoms with E-state index in [0.717, 1.165) is 29.0 Å². The van der Waals surface area contributed by atoms with Crippen molar-refractivity contribution in [2.45, 2.75) is 32.7 Å². The van der Waals surface area contributed by atoms with Gasteiger partial charge in [-0.2, -0.15) is 0 Å². The molecule has 142 valence electrons. The lowest BCUT2D eigenvalue weighted by Crippen LogP contribution is -2.32. The number of benzene rings is 2. The molecule has 1 aliphatic heterocycles. The molecule has 3 rings (SSSR count). The summed E-state index contributed by atoms with van der Waals surface area (Å²) in [4.78, 5) is 26.2. The summed E-state index contributed by atoms with van der Waals surface area (Å²) in [5, 5.41) is 6.09. The lowest BCUT2D eigenvalue weighted by Gasteiger charge is -2.21. The van der Waals surface area contributed by atoms with Gasteiger partial charge in [0, 0.05) is 30.4 Å². The van der Waals surface area contributed by atoms with E-state index in [1.54, 1.807) is 18.9 Å². The molecule has 1 aliphatic rings. The number of carbonyl (C=O) groups excluding carboxylic acids is 2. The van der Waals surface area contributed by atoms with Gasteiger partial charge in [-0.3, -0.25) is 9.59 Å². The van der Waals surface area contributed by atoms with Crippen molar-refractivity contribution in [1.82, 2.24) is 0 Å². The molecule has 27 heavy (non-hydrogen) atoms. The number of nitrogens with zero attached hydrogens (tertiary/aromatic N) is 1. The summed E-state index contributed by atoms with van der Waals surface area (Å²) >= 11 is 0. The summed E-state index contributed by atoms with van der Waals surface area (Å²) in [6.45, 7) is 4.49. The predicted octanol–water partition coefficient (Wildman–Crippen LogP) is 3.57. The Balaban J connectivity index is 1.69. The fraction of sp³-hybridized carbons (Fsp3) is 0.333. The minimum atomic E-state index is -0.436. The van der Waals surface area contributed by atoms with Crippen LogP contribution in [0.2, 0.25) is 0 Å². The van der Waals surface area contributed by atoms with E-state index in [0.29, 0.717) is 18.7 Å². The van der Waals surface area contributed by atoms with Crippen LogP contribution in [0.3, 0.4) is 0 Å². The van der Waals surface area contributed by atoms with Gasteiger partial charge < -0.3 is 20.3 Å². The Labute approximate surface area is 159 Å². The van der Waals surface area contributed by atoms with Crippen molar-refractivity contribution in [3.05, 3.63) is 48.0 Å². The minimum absolute atomic E-state index is 0.111. The summed E-state index contributed by atoms with van der Waals surface area (Å²) in [7, 11) is 1.58. The molecule has 1 heterocycles. The molecule has 0 spiro atoms. The largest absolute Gasteiger partial charge is 0.494 e. The van der Waals surface area contributed by atoms with E-state index >= 15 is 0 Å². The van der Waals surface area contributed by atoms with Gasteiger partial charge in [0.2, 0.25) is 11.8 Å². The topological polar surface area (TPSA) is 70.7 Å². The van der Waals surface area contributed by atoms with Crippen molar-refractivity contribution < 1.29 is 14.3 Å². The monoisotopic (exact) mass is 367 g/mol. The van der Waals surface area contributed by atoms with Gasteiger partial charge in [-0.15, -0.1) is 0 Å². The Hall–Kier alpha value is -3.02. The molecule has 1 fully saturated rings. The van der Waals surface area contributed by atoms with Gasteiger partial charge in [-0.1, -0.05) is 12.1 Å². The molecular formula is C21H25N3O3. The van der Waals surface area contributed by atoms with Crippen LogP contribution in [0.15, 0.2) is 42.5 Å². The first-order valence-electron chi connectivity index (χ1n) is 9.10. The minimum Gasteiger partial charge on any atom is -0.494 e. The van der Waals surface area contributed by atoms with Gasteiger partial charge in [-0.25, -0.2) is 0 Å². The van der Waals surface area contributed by atoms with Gasteiger partial charge >= 0.3 is 0 Å². The quantitative estimate of drug-likeness (QED) is 0.819. The second kappa shape index (κ2) is 8.12. The number of hydrogen-bond donors (Lipinski definition) is 2. The van der Waals surface area contributed by atoms with E-state index in [1.807, 2.05) is 49.4 Å². The highest BCUT2D eigenvalue weighted by Gasteiger charge is 2.24. The van der Waals surface area contributed by atoms with E-state index in [-0.39, 0.29) is 11.8 Å². The van der Waals surface area contributed by atoms with Gasteiger partial charge in [0.25, 0.3) is 0 Å². The van der Waals surface area contributed by atoms with Gasteiger partial charge in [0.15, 0.2) is 0 Å². The number of methoxy groups -OCH3 is 1. The highest BCUT2D eigenvalue weighted by Crippen LogP contribution is 2.34. The maximum atomic E-state index is 12.4. The van der Waals surface area contributed by atoms with Crippen molar-refractivity contribution in [2.75, 3.05) is 29.2 Å². The van der Waals surface area contributed by atoms with Crippen LogP contribution in [-0.2, 0) is 9.59 Å². The molecule has 0 saturated carbocycles. The molecule has 0 aliphatic carbocycles. The number of rotatable bonds is 6. The molecule has 6 heteroatoms. The fourth-order valence-electron chi connectivity index (χ4n) is 3.18. The average Bonchev–Trinajstić information content (AvgIpc) is 3.07. The molecule has 0 aromatic heterocycles. The summed E-state index contributed by atoms with van der Waals surface area (Å²) in [5.41, 5.74) is 3.39. The average molecular weight is 367 g/mol. The number of amides is 2. The first kappa shape index (κ1) is 18.8. The zero-order valence-corrected chi connectivity index (χ0v) is 15.9. The van der Waals surface area contributed by atoms with Crippen LogP contribution < -0.4 is 20.3 Å². The maximum absolute atomic E-state index is 12.4. The molecule has 0 bridgehead atoms. The third kappa shape index (κ3) is 4.39. The Bertz CT molecular complexity index is 850. The number of aryl methyl sites for hydroxylation is 1. The summed E-state index contributed by atoms with van der Waals surface area (Å²) in [6, 6.07) is 12.8. The standard InChI is InChI=1S/C21H25N3O3/c1-14-6-4-7-16(12-14)23-21(26)15(2)22-17-9-10-18(19(13-17)27-3)24-11-5-8-20(24)25/h4,6-7,9-10,12-13,15,22H,5,8,11H2,1-3H3,(H,23,26)/t15-/m0/s1. The fourth-order valence-corrected chi connectivity index (χ4v) is 3.18. The third-order valence-corrected chi connectivity index (χ3v) is 4.61. The zero-order valence-electron chi connectivity index (χ0n) is 15.9. The second-order valence-corrected chi connectivity index (χ2v) is 6.76. The Morgan fingerprint density at radius 2 is 2.00 bits per heavy atom. The van der Waals surface area contributed by atoms with Gasteiger partial charge in [0.05, 0.1) is 12.8 Å². The highest BCUT2D eigenvalue weighted by atomic mass is 16.5. The molecule has 2 aromatic rings. The number of ether oxygens (including phenoxy) is 1. The Kier molecular flexibility index (Phi) is 5.64. The molecule has 2 N–H and O–H groups in total. The lowest BCUT2D eigenvalue weighted by atomic mass is 10.2. The van der Waals surface area contributed by atoms with E-state index in [4.69, 9.17) is 4.74 Å². The van der Waals surface area contributed by atoms with Crippen molar-refractivity contribution in [2.24, 2.45) is 0 Å². The Morgan fingerprint density at radius 1 is 1.19 bits per heavy atom. The molecule has 0 unspecified atom stereocenters. The maximum Gasteiger partial charge on any atom is 0.246 e. The van der Waals surface area contributed by atoms with Crippen molar-refractivity contribution >= 4 is 28.9 Å². The van der Waals surface area contributed by atoms with Crippen molar-refractivity contribution in [3.63, 3.8) is 0 Å².